The number of nitrogens with one attached hydrogen (secondary N) is 2. The van der Waals surface area contributed by atoms with Crippen molar-refractivity contribution in [2.45, 2.75) is 37.5 Å². The van der Waals surface area contributed by atoms with Crippen molar-refractivity contribution in [3.8, 4) is 0 Å². The van der Waals surface area contributed by atoms with Crippen LogP contribution in [-0.4, -0.2) is 43.5 Å². The summed E-state index contributed by atoms with van der Waals surface area (Å²) in [7, 11) is 0. The summed E-state index contributed by atoms with van der Waals surface area (Å²) in [5.41, 5.74) is 0.869. The van der Waals surface area contributed by atoms with Gasteiger partial charge >= 0.3 is 0 Å². The molecule has 0 aromatic heterocycles. The molecule has 4 nitrogen and oxygen atoms in total. The van der Waals surface area contributed by atoms with Crippen LogP contribution in [0.1, 0.15) is 30.9 Å². The third-order valence-corrected chi connectivity index (χ3v) is 5.08. The molecule has 4 atom stereocenters. The first-order chi connectivity index (χ1) is 10.7. The molecular weight excluding hydrogens is 300 g/mol. The number of benzene rings is 1. The topological polar surface area (TPSA) is 53.5 Å². The molecule has 1 saturated heterocycles. The smallest absolute Gasteiger partial charge is 0.0914 e. The second kappa shape index (κ2) is 7.75. The molecule has 2 fully saturated rings. The normalized spacial score (nSPS) is 30.4. The van der Waals surface area contributed by atoms with E-state index in [-0.39, 0.29) is 0 Å². The number of halogens is 1. The molecule has 4 unspecified atom stereocenters. The number of aliphatic hydroxyl groups is 1. The van der Waals surface area contributed by atoms with E-state index in [4.69, 9.17) is 16.3 Å². The van der Waals surface area contributed by atoms with E-state index in [0.717, 1.165) is 25.3 Å². The molecule has 0 radical (unpaired) electrons. The molecule has 1 aromatic rings. The molecule has 3 N–H and O–H groups in total. The van der Waals surface area contributed by atoms with Gasteiger partial charge in [-0.05, 0) is 36.5 Å². The van der Waals surface area contributed by atoms with Crippen molar-refractivity contribution in [3.63, 3.8) is 0 Å². The van der Waals surface area contributed by atoms with E-state index in [1.54, 1.807) is 0 Å². The Bertz CT molecular complexity index is 479. The minimum atomic E-state index is -0.518. The lowest BCUT2D eigenvalue weighted by Gasteiger charge is -2.33. The SMILES string of the molecule is OC(CNC1CCCC1C1COCCN1)c1cccc(Cl)c1. The molecule has 0 amide bonds. The lowest BCUT2D eigenvalue weighted by molar-refractivity contribution is 0.0513. The highest BCUT2D eigenvalue weighted by atomic mass is 35.5. The minimum absolute atomic E-state index is 0.442. The summed E-state index contributed by atoms with van der Waals surface area (Å²) in [6.45, 7) is 3.13. The Balaban J connectivity index is 1.53. The molecule has 0 bridgehead atoms. The summed E-state index contributed by atoms with van der Waals surface area (Å²) in [5.74, 6) is 0.590. The molecule has 1 aromatic carbocycles. The van der Waals surface area contributed by atoms with E-state index in [9.17, 15) is 5.11 Å². The number of rotatable bonds is 5. The van der Waals surface area contributed by atoms with E-state index < -0.39 is 6.10 Å². The van der Waals surface area contributed by atoms with Crippen LogP contribution in [0.3, 0.4) is 0 Å². The van der Waals surface area contributed by atoms with Crippen molar-refractivity contribution >= 4 is 11.6 Å². The van der Waals surface area contributed by atoms with E-state index in [2.05, 4.69) is 10.6 Å². The van der Waals surface area contributed by atoms with E-state index in [1.807, 2.05) is 24.3 Å². The van der Waals surface area contributed by atoms with Gasteiger partial charge in [-0.3, -0.25) is 0 Å². The fraction of sp³-hybridized carbons (Fsp3) is 0.647. The summed E-state index contributed by atoms with van der Waals surface area (Å²) in [4.78, 5) is 0. The maximum atomic E-state index is 10.3. The highest BCUT2D eigenvalue weighted by Crippen LogP contribution is 2.30. The van der Waals surface area contributed by atoms with Crippen LogP contribution in [-0.2, 0) is 4.74 Å². The van der Waals surface area contributed by atoms with Gasteiger partial charge in [0.15, 0.2) is 0 Å². The lowest BCUT2D eigenvalue weighted by atomic mass is 9.93. The van der Waals surface area contributed by atoms with Crippen LogP contribution in [0, 0.1) is 5.92 Å². The Morgan fingerprint density at radius 1 is 1.41 bits per heavy atom. The molecule has 3 rings (SSSR count). The highest BCUT2D eigenvalue weighted by molar-refractivity contribution is 6.30. The van der Waals surface area contributed by atoms with Crippen LogP contribution in [0.15, 0.2) is 24.3 Å². The fourth-order valence-corrected chi connectivity index (χ4v) is 3.88. The van der Waals surface area contributed by atoms with Crippen LogP contribution >= 0.6 is 11.6 Å². The van der Waals surface area contributed by atoms with Gasteiger partial charge in [-0.2, -0.15) is 0 Å². The summed E-state index contributed by atoms with van der Waals surface area (Å²) < 4.78 is 5.60. The van der Waals surface area contributed by atoms with Gasteiger partial charge in [-0.25, -0.2) is 0 Å². The molecule has 1 aliphatic heterocycles. The largest absolute Gasteiger partial charge is 0.387 e. The average Bonchev–Trinajstić information content (AvgIpc) is 3.02. The maximum Gasteiger partial charge on any atom is 0.0914 e. The highest BCUT2D eigenvalue weighted by Gasteiger charge is 2.34. The van der Waals surface area contributed by atoms with Crippen LogP contribution < -0.4 is 10.6 Å². The molecule has 22 heavy (non-hydrogen) atoms. The van der Waals surface area contributed by atoms with Gasteiger partial charge in [0.25, 0.3) is 0 Å². The van der Waals surface area contributed by atoms with E-state index in [1.165, 1.54) is 19.3 Å². The van der Waals surface area contributed by atoms with Crippen molar-refractivity contribution < 1.29 is 9.84 Å². The number of aliphatic hydroxyl groups excluding tert-OH is 1. The Morgan fingerprint density at radius 3 is 3.09 bits per heavy atom. The van der Waals surface area contributed by atoms with Crippen LogP contribution in [0.2, 0.25) is 5.02 Å². The number of morpholine rings is 1. The van der Waals surface area contributed by atoms with Gasteiger partial charge in [0.05, 0.1) is 19.3 Å². The Hall–Kier alpha value is -0.650. The van der Waals surface area contributed by atoms with Gasteiger partial charge in [0.2, 0.25) is 0 Å². The summed E-state index contributed by atoms with van der Waals surface area (Å²) in [6.07, 6.45) is 3.13. The second-order valence-corrected chi connectivity index (χ2v) is 6.75. The molecule has 1 aliphatic carbocycles. The minimum Gasteiger partial charge on any atom is -0.387 e. The quantitative estimate of drug-likeness (QED) is 0.776. The van der Waals surface area contributed by atoms with Gasteiger partial charge in [-0.1, -0.05) is 30.2 Å². The predicted octanol–water partition coefficient (Wildman–Crippen LogP) is 2.12. The summed E-state index contributed by atoms with van der Waals surface area (Å²) >= 11 is 5.99. The average molecular weight is 325 g/mol. The molecule has 1 saturated carbocycles. The maximum absolute atomic E-state index is 10.3. The van der Waals surface area contributed by atoms with Crippen molar-refractivity contribution in [2.75, 3.05) is 26.3 Å². The van der Waals surface area contributed by atoms with Crippen LogP contribution in [0.4, 0.5) is 0 Å². The first-order valence-corrected chi connectivity index (χ1v) is 8.60. The zero-order chi connectivity index (χ0) is 15.4. The lowest BCUT2D eigenvalue weighted by Crippen LogP contribution is -2.51. The zero-order valence-corrected chi connectivity index (χ0v) is 13.6. The first-order valence-electron chi connectivity index (χ1n) is 8.22. The fourth-order valence-electron chi connectivity index (χ4n) is 3.68. The number of hydrogen-bond acceptors (Lipinski definition) is 4. The molecule has 5 heteroatoms. The monoisotopic (exact) mass is 324 g/mol. The summed E-state index contributed by atoms with van der Waals surface area (Å²) in [6, 6.07) is 8.34. The van der Waals surface area contributed by atoms with Gasteiger partial charge in [0.1, 0.15) is 0 Å². The third kappa shape index (κ3) is 4.00. The molecule has 1 heterocycles. The van der Waals surface area contributed by atoms with Gasteiger partial charge < -0.3 is 20.5 Å². The van der Waals surface area contributed by atoms with E-state index >= 15 is 0 Å². The number of hydrogen-bond donors (Lipinski definition) is 3. The molecular formula is C17H25ClN2O2. The molecule has 0 spiro atoms. The molecule has 2 aliphatic rings. The van der Waals surface area contributed by atoms with Crippen molar-refractivity contribution in [1.82, 2.24) is 10.6 Å². The van der Waals surface area contributed by atoms with Crippen molar-refractivity contribution in [1.29, 1.82) is 0 Å². The van der Waals surface area contributed by atoms with Gasteiger partial charge in [0, 0.05) is 30.2 Å². The third-order valence-electron chi connectivity index (χ3n) is 4.84. The van der Waals surface area contributed by atoms with Crippen molar-refractivity contribution in [2.24, 2.45) is 5.92 Å². The Morgan fingerprint density at radius 2 is 2.32 bits per heavy atom. The Labute approximate surface area is 137 Å². The van der Waals surface area contributed by atoms with E-state index in [0.29, 0.717) is 29.6 Å². The zero-order valence-electron chi connectivity index (χ0n) is 12.8. The van der Waals surface area contributed by atoms with Crippen molar-refractivity contribution in [3.05, 3.63) is 34.9 Å². The second-order valence-electron chi connectivity index (χ2n) is 6.32. The summed E-state index contributed by atoms with van der Waals surface area (Å²) in [5, 5.41) is 18.1. The number of ether oxygens (including phenoxy) is 1. The standard InChI is InChI=1S/C17H25ClN2O2/c18-13-4-1-3-12(9-13)17(21)10-20-15-6-2-5-14(15)16-11-22-8-7-19-16/h1,3-4,9,14-17,19-21H,2,5-8,10-11H2. The van der Waals surface area contributed by atoms with Gasteiger partial charge in [-0.15, -0.1) is 0 Å². The predicted molar refractivity (Wildman–Crippen MR) is 88.2 cm³/mol. The molecule has 122 valence electrons. The first kappa shape index (κ1) is 16.2. The Kier molecular flexibility index (Phi) is 5.71. The van der Waals surface area contributed by atoms with Crippen LogP contribution in [0.25, 0.3) is 0 Å². The van der Waals surface area contributed by atoms with Crippen LogP contribution in [0.5, 0.6) is 0 Å².